The van der Waals surface area contributed by atoms with Crippen LogP contribution in [-0.4, -0.2) is 19.1 Å². The van der Waals surface area contributed by atoms with Gasteiger partial charge >= 0.3 is 0 Å². The topological polar surface area (TPSA) is 64.1 Å². The summed E-state index contributed by atoms with van der Waals surface area (Å²) in [5.41, 5.74) is 15.0. The van der Waals surface area contributed by atoms with Gasteiger partial charge in [0.25, 0.3) is 0 Å². The Labute approximate surface area is 98.2 Å². The van der Waals surface area contributed by atoms with Gasteiger partial charge in [0.05, 0.1) is 0 Å². The van der Waals surface area contributed by atoms with E-state index in [4.69, 9.17) is 11.5 Å². The lowest BCUT2D eigenvalue weighted by atomic mass is 10.0. The first-order valence-electron chi connectivity index (χ1n) is 5.84. The molecule has 1 aromatic carbocycles. The third-order valence-electron chi connectivity index (χ3n) is 2.79. The molecule has 0 heterocycles. The molecule has 3 heteroatoms. The smallest absolute Gasteiger partial charge is 0.0373 e. The lowest BCUT2D eigenvalue weighted by Crippen LogP contribution is -2.36. The standard InChI is InChI=1S/C13H23N3/c1-9(2)11-5-4-10(3)13(6-11)16-8-12(15)7-14/h4-6,9,12,16H,7-8,14-15H2,1-3H3. The monoisotopic (exact) mass is 221 g/mol. The maximum Gasteiger partial charge on any atom is 0.0373 e. The second-order valence-electron chi connectivity index (χ2n) is 4.61. The van der Waals surface area contributed by atoms with Crippen molar-refractivity contribution in [3.05, 3.63) is 29.3 Å². The van der Waals surface area contributed by atoms with Gasteiger partial charge in [-0.3, -0.25) is 0 Å². The van der Waals surface area contributed by atoms with Crippen molar-refractivity contribution < 1.29 is 0 Å². The van der Waals surface area contributed by atoms with E-state index in [9.17, 15) is 0 Å². The molecule has 1 aromatic rings. The van der Waals surface area contributed by atoms with E-state index in [0.717, 1.165) is 12.2 Å². The first-order valence-corrected chi connectivity index (χ1v) is 5.84. The van der Waals surface area contributed by atoms with Crippen molar-refractivity contribution in [2.45, 2.75) is 32.7 Å². The highest BCUT2D eigenvalue weighted by molar-refractivity contribution is 5.53. The molecule has 0 aromatic heterocycles. The average Bonchev–Trinajstić information content (AvgIpc) is 2.27. The Balaban J connectivity index is 2.74. The highest BCUT2D eigenvalue weighted by Gasteiger charge is 2.05. The Bertz CT molecular complexity index is 334. The van der Waals surface area contributed by atoms with Gasteiger partial charge in [0.1, 0.15) is 0 Å². The molecule has 90 valence electrons. The molecule has 3 nitrogen and oxygen atoms in total. The number of benzene rings is 1. The minimum Gasteiger partial charge on any atom is -0.383 e. The van der Waals surface area contributed by atoms with Crippen LogP contribution in [0.3, 0.4) is 0 Å². The number of rotatable bonds is 5. The second-order valence-corrected chi connectivity index (χ2v) is 4.61. The minimum absolute atomic E-state index is 0.0158. The molecule has 0 aliphatic heterocycles. The molecule has 16 heavy (non-hydrogen) atoms. The average molecular weight is 221 g/mol. The van der Waals surface area contributed by atoms with Crippen molar-refractivity contribution in [1.82, 2.24) is 0 Å². The highest BCUT2D eigenvalue weighted by atomic mass is 14.9. The number of nitrogens with one attached hydrogen (secondary N) is 1. The zero-order chi connectivity index (χ0) is 12.1. The van der Waals surface area contributed by atoms with Crippen LogP contribution in [0.5, 0.6) is 0 Å². The summed E-state index contributed by atoms with van der Waals surface area (Å²) in [5.74, 6) is 0.546. The fourth-order valence-electron chi connectivity index (χ4n) is 1.51. The van der Waals surface area contributed by atoms with E-state index in [-0.39, 0.29) is 6.04 Å². The summed E-state index contributed by atoms with van der Waals surface area (Å²) < 4.78 is 0. The van der Waals surface area contributed by atoms with E-state index in [1.807, 2.05) is 0 Å². The zero-order valence-electron chi connectivity index (χ0n) is 10.5. The number of nitrogens with two attached hydrogens (primary N) is 2. The molecule has 0 amide bonds. The van der Waals surface area contributed by atoms with E-state index in [2.05, 4.69) is 44.3 Å². The van der Waals surface area contributed by atoms with Gasteiger partial charge in [-0.25, -0.2) is 0 Å². The Hall–Kier alpha value is -1.06. The van der Waals surface area contributed by atoms with Gasteiger partial charge in [-0.2, -0.15) is 0 Å². The SMILES string of the molecule is Cc1ccc(C(C)C)cc1NCC(N)CN. The van der Waals surface area contributed by atoms with E-state index in [1.54, 1.807) is 0 Å². The van der Waals surface area contributed by atoms with Crippen molar-refractivity contribution in [1.29, 1.82) is 0 Å². The Kier molecular flexibility index (Phi) is 4.77. The van der Waals surface area contributed by atoms with Crippen LogP contribution in [0, 0.1) is 6.92 Å². The van der Waals surface area contributed by atoms with Crippen LogP contribution < -0.4 is 16.8 Å². The normalized spacial score (nSPS) is 12.9. The molecule has 0 spiro atoms. The predicted octanol–water partition coefficient (Wildman–Crippen LogP) is 1.82. The lowest BCUT2D eigenvalue weighted by molar-refractivity contribution is 0.713. The molecule has 5 N–H and O–H groups in total. The third kappa shape index (κ3) is 3.51. The second kappa shape index (κ2) is 5.87. The van der Waals surface area contributed by atoms with Gasteiger partial charge in [0.15, 0.2) is 0 Å². The van der Waals surface area contributed by atoms with E-state index in [1.165, 1.54) is 11.1 Å². The molecule has 0 aliphatic carbocycles. The van der Waals surface area contributed by atoms with Crippen LogP contribution in [0.1, 0.15) is 30.9 Å². The van der Waals surface area contributed by atoms with Crippen molar-refractivity contribution in [3.8, 4) is 0 Å². The summed E-state index contributed by atoms with van der Waals surface area (Å²) in [6, 6.07) is 6.53. The van der Waals surface area contributed by atoms with Crippen LogP contribution in [0.2, 0.25) is 0 Å². The first-order chi connectivity index (χ1) is 7.54. The van der Waals surface area contributed by atoms with Crippen molar-refractivity contribution >= 4 is 5.69 Å². The number of aryl methyl sites for hydroxylation is 1. The molecule has 1 rings (SSSR count). The highest BCUT2D eigenvalue weighted by Crippen LogP contribution is 2.22. The molecular weight excluding hydrogens is 198 g/mol. The molecule has 0 saturated heterocycles. The lowest BCUT2D eigenvalue weighted by Gasteiger charge is -2.15. The van der Waals surface area contributed by atoms with Gasteiger partial charge in [-0.1, -0.05) is 26.0 Å². The molecule has 0 fully saturated rings. The van der Waals surface area contributed by atoms with Crippen molar-refractivity contribution in [2.75, 3.05) is 18.4 Å². The van der Waals surface area contributed by atoms with Gasteiger partial charge in [-0.05, 0) is 30.0 Å². The van der Waals surface area contributed by atoms with Gasteiger partial charge in [-0.15, -0.1) is 0 Å². The Morgan fingerprint density at radius 1 is 1.31 bits per heavy atom. The molecular formula is C13H23N3. The number of hydrogen-bond donors (Lipinski definition) is 3. The Morgan fingerprint density at radius 2 is 2.00 bits per heavy atom. The van der Waals surface area contributed by atoms with E-state index >= 15 is 0 Å². The van der Waals surface area contributed by atoms with Crippen LogP contribution in [0.25, 0.3) is 0 Å². The van der Waals surface area contributed by atoms with Crippen molar-refractivity contribution in [2.24, 2.45) is 11.5 Å². The van der Waals surface area contributed by atoms with Gasteiger partial charge in [0.2, 0.25) is 0 Å². The molecule has 0 saturated carbocycles. The molecule has 0 bridgehead atoms. The van der Waals surface area contributed by atoms with Crippen LogP contribution in [0.4, 0.5) is 5.69 Å². The summed E-state index contributed by atoms with van der Waals surface area (Å²) in [4.78, 5) is 0. The van der Waals surface area contributed by atoms with Crippen LogP contribution in [-0.2, 0) is 0 Å². The van der Waals surface area contributed by atoms with E-state index in [0.29, 0.717) is 12.5 Å². The maximum atomic E-state index is 5.78. The summed E-state index contributed by atoms with van der Waals surface area (Å²) in [5, 5.41) is 3.35. The van der Waals surface area contributed by atoms with Crippen molar-refractivity contribution in [3.63, 3.8) is 0 Å². The summed E-state index contributed by atoms with van der Waals surface area (Å²) in [7, 11) is 0. The quantitative estimate of drug-likeness (QED) is 0.710. The molecule has 0 aliphatic rings. The molecule has 1 unspecified atom stereocenters. The zero-order valence-corrected chi connectivity index (χ0v) is 10.5. The number of hydrogen-bond acceptors (Lipinski definition) is 3. The number of anilines is 1. The summed E-state index contributed by atoms with van der Waals surface area (Å²) in [6.07, 6.45) is 0. The van der Waals surface area contributed by atoms with Crippen LogP contribution >= 0.6 is 0 Å². The Morgan fingerprint density at radius 3 is 2.56 bits per heavy atom. The molecule has 0 radical (unpaired) electrons. The largest absolute Gasteiger partial charge is 0.383 e. The van der Waals surface area contributed by atoms with Crippen LogP contribution in [0.15, 0.2) is 18.2 Å². The fraction of sp³-hybridized carbons (Fsp3) is 0.538. The minimum atomic E-state index is 0.0158. The fourth-order valence-corrected chi connectivity index (χ4v) is 1.51. The molecule has 1 atom stereocenters. The third-order valence-corrected chi connectivity index (χ3v) is 2.79. The van der Waals surface area contributed by atoms with Gasteiger partial charge in [0, 0.05) is 24.8 Å². The predicted molar refractivity (Wildman–Crippen MR) is 70.8 cm³/mol. The maximum absolute atomic E-state index is 5.78. The first kappa shape index (κ1) is 13.0. The van der Waals surface area contributed by atoms with E-state index < -0.39 is 0 Å². The summed E-state index contributed by atoms with van der Waals surface area (Å²) >= 11 is 0. The summed E-state index contributed by atoms with van der Waals surface area (Å²) in [6.45, 7) is 7.72. The van der Waals surface area contributed by atoms with Gasteiger partial charge < -0.3 is 16.8 Å².